The number of aryl methyl sites for hydroxylation is 1. The van der Waals surface area contributed by atoms with Crippen molar-refractivity contribution in [1.29, 1.82) is 0 Å². The van der Waals surface area contributed by atoms with E-state index in [2.05, 4.69) is 10.3 Å². The number of piperazine rings is 1. The molecule has 1 unspecified atom stereocenters. The van der Waals surface area contributed by atoms with Gasteiger partial charge in [-0.2, -0.15) is 0 Å². The van der Waals surface area contributed by atoms with Gasteiger partial charge in [-0.15, -0.1) is 12.4 Å². The monoisotopic (exact) mass is 376 g/mol. The van der Waals surface area contributed by atoms with E-state index in [-0.39, 0.29) is 24.4 Å². The molecule has 2 fully saturated rings. The van der Waals surface area contributed by atoms with Gasteiger partial charge in [0, 0.05) is 44.6 Å². The summed E-state index contributed by atoms with van der Waals surface area (Å²) in [6.45, 7) is 2.98. The Morgan fingerprint density at radius 1 is 1.31 bits per heavy atom. The Morgan fingerprint density at radius 3 is 2.73 bits per heavy atom. The number of nitrogens with one attached hydrogen (secondary N) is 1. The van der Waals surface area contributed by atoms with E-state index in [1.165, 1.54) is 12.8 Å². The minimum atomic E-state index is -0.0490. The van der Waals surface area contributed by atoms with Crippen LogP contribution in [-0.4, -0.2) is 46.6 Å². The number of hydrogen-bond acceptors (Lipinski definition) is 4. The van der Waals surface area contributed by atoms with Gasteiger partial charge in [0.2, 0.25) is 0 Å². The van der Waals surface area contributed by atoms with Gasteiger partial charge in [-0.05, 0) is 43.0 Å². The van der Waals surface area contributed by atoms with Gasteiger partial charge in [-0.1, -0.05) is 0 Å². The molecule has 140 valence electrons. The van der Waals surface area contributed by atoms with Crippen LogP contribution in [0.4, 0.5) is 0 Å². The van der Waals surface area contributed by atoms with Gasteiger partial charge >= 0.3 is 0 Å². The maximum Gasteiger partial charge on any atom is 0.254 e. The Morgan fingerprint density at radius 2 is 2.08 bits per heavy atom. The molecule has 1 aromatic heterocycles. The number of carbonyl (C=O) groups excluding carboxylic acids is 1. The summed E-state index contributed by atoms with van der Waals surface area (Å²) in [6.07, 6.45) is 6.24. The molecule has 2 heterocycles. The molecular formula is C19H25ClN4O2. The zero-order valence-electron chi connectivity index (χ0n) is 14.9. The van der Waals surface area contributed by atoms with Gasteiger partial charge in [-0.25, -0.2) is 4.98 Å². The van der Waals surface area contributed by atoms with Gasteiger partial charge in [0.1, 0.15) is 17.6 Å². The highest BCUT2D eigenvalue weighted by molar-refractivity contribution is 5.94. The fraction of sp³-hybridized carbons (Fsp3) is 0.474. The molecule has 0 bridgehead atoms. The Balaban J connectivity index is 0.00000196. The third kappa shape index (κ3) is 4.02. The second-order valence-electron chi connectivity index (χ2n) is 6.89. The largest absolute Gasteiger partial charge is 0.493 e. The number of hydrogen-bond donors (Lipinski definition) is 1. The van der Waals surface area contributed by atoms with Crippen LogP contribution >= 0.6 is 12.4 Å². The van der Waals surface area contributed by atoms with Crippen molar-refractivity contribution < 1.29 is 9.53 Å². The Bertz CT molecular complexity index is 742. The van der Waals surface area contributed by atoms with Crippen LogP contribution in [0.3, 0.4) is 0 Å². The van der Waals surface area contributed by atoms with Crippen LogP contribution < -0.4 is 10.1 Å². The standard InChI is InChI=1S/C19H24N4O2.ClH/c1-22-10-9-21-18(22)17-12-20-8-11-23(17)19(24)15-4-6-16(7-5-15)25-13-14-2-3-14;/h4-7,9-10,14,17,20H,2-3,8,11-13H2,1H3;1H. The summed E-state index contributed by atoms with van der Waals surface area (Å²) in [5, 5.41) is 3.36. The van der Waals surface area contributed by atoms with E-state index in [9.17, 15) is 4.79 Å². The van der Waals surface area contributed by atoms with E-state index in [1.807, 2.05) is 47.0 Å². The van der Waals surface area contributed by atoms with Crippen LogP contribution in [0.2, 0.25) is 0 Å². The number of nitrogens with zero attached hydrogens (tertiary/aromatic N) is 3. The molecule has 2 aromatic rings. The highest BCUT2D eigenvalue weighted by atomic mass is 35.5. The Kier molecular flexibility index (Phi) is 5.84. The maximum absolute atomic E-state index is 13.0. The molecule has 7 heteroatoms. The quantitative estimate of drug-likeness (QED) is 0.870. The van der Waals surface area contributed by atoms with E-state index in [4.69, 9.17) is 4.74 Å². The van der Waals surface area contributed by atoms with Gasteiger partial charge in [-0.3, -0.25) is 4.79 Å². The summed E-state index contributed by atoms with van der Waals surface area (Å²) in [7, 11) is 1.96. The predicted molar refractivity (Wildman–Crippen MR) is 102 cm³/mol. The van der Waals surface area contributed by atoms with Crippen LogP contribution in [0.15, 0.2) is 36.7 Å². The fourth-order valence-electron chi connectivity index (χ4n) is 3.23. The lowest BCUT2D eigenvalue weighted by Gasteiger charge is -2.35. The third-order valence-corrected chi connectivity index (χ3v) is 4.94. The highest BCUT2D eigenvalue weighted by Crippen LogP contribution is 2.29. The molecule has 1 N–H and O–H groups in total. The number of carbonyl (C=O) groups is 1. The Labute approximate surface area is 160 Å². The second kappa shape index (κ2) is 8.10. The average molecular weight is 377 g/mol. The van der Waals surface area contributed by atoms with Crippen LogP contribution in [0.1, 0.15) is 35.1 Å². The molecule has 2 aliphatic rings. The van der Waals surface area contributed by atoms with Crippen molar-refractivity contribution in [1.82, 2.24) is 19.8 Å². The molecule has 1 aliphatic heterocycles. The van der Waals surface area contributed by atoms with E-state index in [0.29, 0.717) is 12.1 Å². The molecule has 0 spiro atoms. The molecule has 1 atom stereocenters. The molecule has 4 rings (SSSR count). The number of halogens is 1. The third-order valence-electron chi connectivity index (χ3n) is 4.94. The van der Waals surface area contributed by atoms with Gasteiger partial charge in [0.15, 0.2) is 0 Å². The molecule has 1 amide bonds. The van der Waals surface area contributed by atoms with E-state index < -0.39 is 0 Å². The average Bonchev–Trinajstić information content (AvgIpc) is 3.39. The van der Waals surface area contributed by atoms with Crippen molar-refractivity contribution in [3.63, 3.8) is 0 Å². The predicted octanol–water partition coefficient (Wildman–Crippen LogP) is 2.42. The van der Waals surface area contributed by atoms with Gasteiger partial charge in [0.25, 0.3) is 5.91 Å². The molecule has 26 heavy (non-hydrogen) atoms. The molecule has 1 aliphatic carbocycles. The van der Waals surface area contributed by atoms with E-state index in [1.54, 1.807) is 6.20 Å². The first-order valence-corrected chi connectivity index (χ1v) is 8.94. The zero-order chi connectivity index (χ0) is 17.2. The number of ether oxygens (including phenoxy) is 1. The van der Waals surface area contributed by atoms with Crippen molar-refractivity contribution in [2.75, 3.05) is 26.2 Å². The van der Waals surface area contributed by atoms with Crippen molar-refractivity contribution in [3.05, 3.63) is 48.0 Å². The minimum absolute atomic E-state index is 0. The van der Waals surface area contributed by atoms with Crippen molar-refractivity contribution in [3.8, 4) is 5.75 Å². The van der Waals surface area contributed by atoms with E-state index >= 15 is 0 Å². The van der Waals surface area contributed by atoms with E-state index in [0.717, 1.165) is 37.2 Å². The lowest BCUT2D eigenvalue weighted by molar-refractivity contribution is 0.0621. The van der Waals surface area contributed by atoms with Gasteiger partial charge < -0.3 is 19.5 Å². The first-order chi connectivity index (χ1) is 12.2. The first-order valence-electron chi connectivity index (χ1n) is 8.94. The van der Waals surface area contributed by atoms with Crippen LogP contribution in [0.25, 0.3) is 0 Å². The van der Waals surface area contributed by atoms with Crippen molar-refractivity contribution >= 4 is 18.3 Å². The summed E-state index contributed by atoms with van der Waals surface area (Å²) in [5.41, 5.74) is 0.694. The second-order valence-corrected chi connectivity index (χ2v) is 6.89. The SMILES string of the molecule is Cl.Cn1ccnc1C1CNCCN1C(=O)c1ccc(OCC2CC2)cc1. The van der Waals surface area contributed by atoms with Crippen LogP contribution in [-0.2, 0) is 7.05 Å². The van der Waals surface area contributed by atoms with Crippen molar-refractivity contribution in [2.45, 2.75) is 18.9 Å². The first kappa shape index (κ1) is 18.7. The lowest BCUT2D eigenvalue weighted by atomic mass is 10.1. The summed E-state index contributed by atoms with van der Waals surface area (Å²) < 4.78 is 7.74. The summed E-state index contributed by atoms with van der Waals surface area (Å²) in [5.74, 6) is 2.51. The lowest BCUT2D eigenvalue weighted by Crippen LogP contribution is -2.49. The fourth-order valence-corrected chi connectivity index (χ4v) is 3.23. The maximum atomic E-state index is 13.0. The number of benzene rings is 1. The molecule has 0 radical (unpaired) electrons. The van der Waals surface area contributed by atoms with Crippen LogP contribution in [0, 0.1) is 5.92 Å². The molecular weight excluding hydrogens is 352 g/mol. The van der Waals surface area contributed by atoms with Gasteiger partial charge in [0.05, 0.1) is 6.61 Å². The topological polar surface area (TPSA) is 59.4 Å². The summed E-state index contributed by atoms with van der Waals surface area (Å²) in [6, 6.07) is 7.47. The minimum Gasteiger partial charge on any atom is -0.493 e. The zero-order valence-corrected chi connectivity index (χ0v) is 15.7. The van der Waals surface area contributed by atoms with Crippen molar-refractivity contribution in [2.24, 2.45) is 13.0 Å². The molecule has 1 aromatic carbocycles. The number of amides is 1. The highest BCUT2D eigenvalue weighted by Gasteiger charge is 2.31. The number of rotatable bonds is 5. The summed E-state index contributed by atoms with van der Waals surface area (Å²) in [4.78, 5) is 19.4. The smallest absolute Gasteiger partial charge is 0.254 e. The number of aromatic nitrogens is 2. The normalized spacial score (nSPS) is 19.7. The molecule has 1 saturated heterocycles. The molecule has 1 saturated carbocycles. The van der Waals surface area contributed by atoms with Crippen LogP contribution in [0.5, 0.6) is 5.75 Å². The molecule has 6 nitrogen and oxygen atoms in total. The summed E-state index contributed by atoms with van der Waals surface area (Å²) >= 11 is 0. The number of imidazole rings is 1. The Hall–Kier alpha value is -2.05.